The molecule has 84 valence electrons. The van der Waals surface area contributed by atoms with E-state index in [0.29, 0.717) is 0 Å². The predicted molar refractivity (Wildman–Crippen MR) is 66.7 cm³/mol. The van der Waals surface area contributed by atoms with Gasteiger partial charge in [0.1, 0.15) is 0 Å². The molecule has 0 heterocycles. The van der Waals surface area contributed by atoms with Gasteiger partial charge in [0.05, 0.1) is 0 Å². The largest absolute Gasteiger partial charge is 0.0998 e. The van der Waals surface area contributed by atoms with E-state index in [1.807, 2.05) is 5.57 Å². The highest BCUT2D eigenvalue weighted by Crippen LogP contribution is 2.45. The van der Waals surface area contributed by atoms with Gasteiger partial charge in [0, 0.05) is 0 Å². The molecule has 0 nitrogen and oxygen atoms in total. The van der Waals surface area contributed by atoms with Gasteiger partial charge in [0.15, 0.2) is 0 Å². The van der Waals surface area contributed by atoms with E-state index in [4.69, 9.17) is 0 Å². The van der Waals surface area contributed by atoms with Crippen LogP contribution in [0, 0.1) is 17.8 Å². The van der Waals surface area contributed by atoms with Crippen LogP contribution < -0.4 is 0 Å². The molecule has 3 atom stereocenters. The third-order valence-corrected chi connectivity index (χ3v) is 4.56. The first-order valence-corrected chi connectivity index (χ1v) is 6.46. The monoisotopic (exact) mass is 204 g/mol. The van der Waals surface area contributed by atoms with E-state index in [-0.39, 0.29) is 0 Å². The lowest BCUT2D eigenvalue weighted by atomic mass is 9.88. The summed E-state index contributed by atoms with van der Waals surface area (Å²) < 4.78 is 0. The van der Waals surface area contributed by atoms with Crippen molar-refractivity contribution in [2.24, 2.45) is 17.8 Å². The first-order chi connectivity index (χ1) is 7.09. The molecule has 0 aromatic rings. The molecule has 0 saturated heterocycles. The molecule has 0 radical (unpaired) electrons. The number of hydrogen-bond acceptors (Lipinski definition) is 0. The fraction of sp³-hybridized carbons (Fsp3) is 0.733. The minimum atomic E-state index is 0.764. The van der Waals surface area contributed by atoms with Crippen LogP contribution in [0.4, 0.5) is 0 Å². The van der Waals surface area contributed by atoms with Gasteiger partial charge >= 0.3 is 0 Å². The van der Waals surface area contributed by atoms with Crippen LogP contribution in [0.25, 0.3) is 0 Å². The van der Waals surface area contributed by atoms with Crippen molar-refractivity contribution in [3.05, 3.63) is 23.3 Å². The number of rotatable bonds is 1. The summed E-state index contributed by atoms with van der Waals surface area (Å²) in [6.45, 7) is 11.2. The summed E-state index contributed by atoms with van der Waals surface area (Å²) in [6.07, 6.45) is 6.83. The Morgan fingerprint density at radius 1 is 1.07 bits per heavy atom. The summed E-state index contributed by atoms with van der Waals surface area (Å²) in [7, 11) is 0. The van der Waals surface area contributed by atoms with E-state index >= 15 is 0 Å². The van der Waals surface area contributed by atoms with E-state index in [9.17, 15) is 0 Å². The van der Waals surface area contributed by atoms with Crippen molar-refractivity contribution >= 4 is 0 Å². The number of allylic oxidation sites excluding steroid dienone is 3. The van der Waals surface area contributed by atoms with Crippen LogP contribution in [0.5, 0.6) is 0 Å². The van der Waals surface area contributed by atoms with Crippen LogP contribution in [0.3, 0.4) is 0 Å². The predicted octanol–water partition coefficient (Wildman–Crippen LogP) is 4.73. The van der Waals surface area contributed by atoms with Crippen molar-refractivity contribution in [1.82, 2.24) is 0 Å². The highest BCUT2D eigenvalue weighted by atomic mass is 14.4. The van der Waals surface area contributed by atoms with Crippen molar-refractivity contribution in [3.63, 3.8) is 0 Å². The molecular weight excluding hydrogens is 180 g/mol. The summed E-state index contributed by atoms with van der Waals surface area (Å²) in [6, 6.07) is 0. The van der Waals surface area contributed by atoms with Gasteiger partial charge in [-0.3, -0.25) is 0 Å². The van der Waals surface area contributed by atoms with Crippen molar-refractivity contribution in [2.75, 3.05) is 0 Å². The standard InChI is InChI=1S/C15H24/c1-10(2)13-7-5-11(3)14-8-6-12(4)15(14)9-13/h11-13H,1,5-9H2,2-4H3/t11-,12-,13+/m0/s1. The fourth-order valence-corrected chi connectivity index (χ4v) is 3.33. The molecule has 0 heteroatoms. The zero-order valence-electron chi connectivity index (χ0n) is 10.5. The second kappa shape index (κ2) is 4.15. The zero-order valence-corrected chi connectivity index (χ0v) is 10.5. The van der Waals surface area contributed by atoms with E-state index < -0.39 is 0 Å². The summed E-state index contributed by atoms with van der Waals surface area (Å²) in [4.78, 5) is 0. The molecule has 0 bridgehead atoms. The van der Waals surface area contributed by atoms with Gasteiger partial charge in [-0.25, -0.2) is 0 Å². The van der Waals surface area contributed by atoms with Gasteiger partial charge in [0.25, 0.3) is 0 Å². The Morgan fingerprint density at radius 2 is 1.73 bits per heavy atom. The van der Waals surface area contributed by atoms with Gasteiger partial charge in [-0.2, -0.15) is 0 Å². The minimum absolute atomic E-state index is 0.764. The molecule has 2 aliphatic carbocycles. The van der Waals surface area contributed by atoms with Crippen LogP contribution in [0.15, 0.2) is 23.3 Å². The normalized spacial score (nSPS) is 36.3. The zero-order chi connectivity index (χ0) is 11.0. The summed E-state index contributed by atoms with van der Waals surface area (Å²) >= 11 is 0. The van der Waals surface area contributed by atoms with Gasteiger partial charge in [-0.15, -0.1) is 0 Å². The van der Waals surface area contributed by atoms with Crippen LogP contribution in [-0.2, 0) is 0 Å². The lowest BCUT2D eigenvalue weighted by Gasteiger charge is -2.18. The van der Waals surface area contributed by atoms with Gasteiger partial charge < -0.3 is 0 Å². The van der Waals surface area contributed by atoms with Crippen molar-refractivity contribution < 1.29 is 0 Å². The van der Waals surface area contributed by atoms with Crippen molar-refractivity contribution in [2.45, 2.75) is 52.9 Å². The van der Waals surface area contributed by atoms with Crippen LogP contribution >= 0.6 is 0 Å². The molecule has 0 fully saturated rings. The molecule has 2 aliphatic rings. The molecule has 0 aliphatic heterocycles. The maximum atomic E-state index is 4.16. The van der Waals surface area contributed by atoms with Crippen molar-refractivity contribution in [3.8, 4) is 0 Å². The van der Waals surface area contributed by atoms with Gasteiger partial charge in [0.2, 0.25) is 0 Å². The minimum Gasteiger partial charge on any atom is -0.0998 e. The summed E-state index contributed by atoms with van der Waals surface area (Å²) in [5.74, 6) is 2.46. The summed E-state index contributed by atoms with van der Waals surface area (Å²) in [5, 5.41) is 0. The molecule has 2 rings (SSSR count). The van der Waals surface area contributed by atoms with Crippen LogP contribution in [0.2, 0.25) is 0 Å². The van der Waals surface area contributed by atoms with Crippen LogP contribution in [0.1, 0.15) is 52.9 Å². The Balaban J connectivity index is 2.23. The Morgan fingerprint density at radius 3 is 2.40 bits per heavy atom. The highest BCUT2D eigenvalue weighted by molar-refractivity contribution is 5.27. The lowest BCUT2D eigenvalue weighted by molar-refractivity contribution is 0.476. The van der Waals surface area contributed by atoms with E-state index in [1.54, 1.807) is 5.57 Å². The molecule has 0 saturated carbocycles. The molecular formula is C15H24. The van der Waals surface area contributed by atoms with E-state index in [2.05, 4.69) is 27.4 Å². The second-order valence-corrected chi connectivity index (χ2v) is 5.72. The SMILES string of the molecule is C=C(C)[C@@H]1CC[C@H](C)C2=C(C1)[C@@H](C)CC2. The molecule has 0 aromatic carbocycles. The Labute approximate surface area is 94.5 Å². The maximum Gasteiger partial charge on any atom is -0.0171 e. The Kier molecular flexibility index (Phi) is 3.04. The molecule has 0 spiro atoms. The van der Waals surface area contributed by atoms with E-state index in [0.717, 1.165) is 17.8 Å². The van der Waals surface area contributed by atoms with Gasteiger partial charge in [-0.05, 0) is 56.8 Å². The van der Waals surface area contributed by atoms with E-state index in [1.165, 1.54) is 37.7 Å². The fourth-order valence-electron chi connectivity index (χ4n) is 3.33. The Bertz CT molecular complexity index is 295. The van der Waals surface area contributed by atoms with Crippen LogP contribution in [-0.4, -0.2) is 0 Å². The lowest BCUT2D eigenvalue weighted by Crippen LogP contribution is -2.04. The quantitative estimate of drug-likeness (QED) is 0.542. The smallest absolute Gasteiger partial charge is 0.0171 e. The molecule has 0 N–H and O–H groups in total. The highest BCUT2D eigenvalue weighted by Gasteiger charge is 2.30. The molecule has 0 amide bonds. The van der Waals surface area contributed by atoms with Crippen molar-refractivity contribution in [1.29, 1.82) is 0 Å². The first kappa shape index (κ1) is 11.0. The summed E-state index contributed by atoms with van der Waals surface area (Å²) in [5.41, 5.74) is 5.01. The Hall–Kier alpha value is -0.520. The average molecular weight is 204 g/mol. The topological polar surface area (TPSA) is 0 Å². The third kappa shape index (κ3) is 2.04. The maximum absolute atomic E-state index is 4.16. The third-order valence-electron chi connectivity index (χ3n) is 4.56. The molecule has 15 heavy (non-hydrogen) atoms. The van der Waals surface area contributed by atoms with Gasteiger partial charge in [-0.1, -0.05) is 37.1 Å². The second-order valence-electron chi connectivity index (χ2n) is 5.72. The molecule has 0 unspecified atom stereocenters. The first-order valence-electron chi connectivity index (χ1n) is 6.46. The average Bonchev–Trinajstić information content (AvgIpc) is 2.43. The number of hydrogen-bond donors (Lipinski definition) is 0. The molecule has 0 aromatic heterocycles.